The Labute approximate surface area is 189 Å². The molecule has 8 nitrogen and oxygen atoms in total. The average Bonchev–Trinajstić information content (AvgIpc) is 2.73. The second kappa shape index (κ2) is 9.25. The van der Waals surface area contributed by atoms with E-state index < -0.39 is 31.8 Å². The molecule has 0 bridgehead atoms. The summed E-state index contributed by atoms with van der Waals surface area (Å²) in [6.07, 6.45) is 0. The van der Waals surface area contributed by atoms with E-state index in [-0.39, 0.29) is 32.6 Å². The number of hydrogen-bond acceptors (Lipinski definition) is 5. The van der Waals surface area contributed by atoms with E-state index in [0.717, 1.165) is 18.2 Å². The number of rotatable bonds is 7. The van der Waals surface area contributed by atoms with Crippen molar-refractivity contribution in [2.45, 2.75) is 16.3 Å². The SMILES string of the molecule is NS(=O)(=O)c1ccc(CNC(=O)c2ccc(Cl)c(S(=O)(=O)Nc3ccc(F)cc3)c2)cc1. The number of carbonyl (C=O) groups is 1. The van der Waals surface area contributed by atoms with Crippen molar-refractivity contribution in [1.82, 2.24) is 5.32 Å². The zero-order valence-electron chi connectivity index (χ0n) is 16.2. The Balaban J connectivity index is 1.75. The molecular formula is C20H17ClFN3O5S2. The highest BCUT2D eigenvalue weighted by Gasteiger charge is 2.20. The predicted octanol–water partition coefficient (Wildman–Crippen LogP) is 2.86. The molecule has 0 aromatic heterocycles. The Bertz CT molecular complexity index is 1360. The monoisotopic (exact) mass is 497 g/mol. The van der Waals surface area contributed by atoms with Crippen LogP contribution in [-0.2, 0) is 26.6 Å². The summed E-state index contributed by atoms with van der Waals surface area (Å²) in [5.74, 6) is -1.10. The predicted molar refractivity (Wildman–Crippen MR) is 118 cm³/mol. The van der Waals surface area contributed by atoms with Crippen molar-refractivity contribution >= 4 is 43.2 Å². The molecule has 0 aliphatic carbocycles. The fourth-order valence-electron chi connectivity index (χ4n) is 2.66. The van der Waals surface area contributed by atoms with E-state index in [0.29, 0.717) is 5.56 Å². The summed E-state index contributed by atoms with van der Waals surface area (Å²) in [5, 5.41) is 7.55. The molecule has 12 heteroatoms. The summed E-state index contributed by atoms with van der Waals surface area (Å²) in [6, 6.07) is 14.0. The van der Waals surface area contributed by atoms with Crippen LogP contribution in [0.2, 0.25) is 5.02 Å². The van der Waals surface area contributed by atoms with Crippen LogP contribution in [0.1, 0.15) is 15.9 Å². The van der Waals surface area contributed by atoms with Crippen molar-refractivity contribution in [1.29, 1.82) is 0 Å². The average molecular weight is 498 g/mol. The molecule has 4 N–H and O–H groups in total. The first-order chi connectivity index (χ1) is 15.0. The van der Waals surface area contributed by atoms with Gasteiger partial charge in [-0.2, -0.15) is 0 Å². The van der Waals surface area contributed by atoms with Gasteiger partial charge in [0.25, 0.3) is 15.9 Å². The Morgan fingerprint density at radius 2 is 1.56 bits per heavy atom. The van der Waals surface area contributed by atoms with Gasteiger partial charge >= 0.3 is 0 Å². The van der Waals surface area contributed by atoms with Gasteiger partial charge in [-0.15, -0.1) is 0 Å². The molecule has 0 radical (unpaired) electrons. The molecule has 3 aromatic rings. The summed E-state index contributed by atoms with van der Waals surface area (Å²) >= 11 is 6.03. The van der Waals surface area contributed by atoms with Crippen molar-refractivity contribution in [3.8, 4) is 0 Å². The van der Waals surface area contributed by atoms with Crippen molar-refractivity contribution < 1.29 is 26.0 Å². The van der Waals surface area contributed by atoms with Crippen LogP contribution >= 0.6 is 11.6 Å². The van der Waals surface area contributed by atoms with Crippen molar-refractivity contribution in [2.75, 3.05) is 4.72 Å². The fourth-order valence-corrected chi connectivity index (χ4v) is 4.76. The van der Waals surface area contributed by atoms with Crippen LogP contribution in [0.5, 0.6) is 0 Å². The Hall–Kier alpha value is -2.99. The first-order valence-electron chi connectivity index (χ1n) is 8.93. The Kier molecular flexibility index (Phi) is 6.84. The van der Waals surface area contributed by atoms with Gasteiger partial charge in [-0.1, -0.05) is 23.7 Å². The summed E-state index contributed by atoms with van der Waals surface area (Å²) in [7, 11) is -7.97. The van der Waals surface area contributed by atoms with Gasteiger partial charge in [0.2, 0.25) is 10.0 Å². The number of halogens is 2. The normalized spacial score (nSPS) is 11.7. The molecule has 0 saturated carbocycles. The maximum absolute atomic E-state index is 13.0. The lowest BCUT2D eigenvalue weighted by molar-refractivity contribution is 0.0950. The molecule has 1 amide bonds. The van der Waals surface area contributed by atoms with Crippen LogP contribution in [0, 0.1) is 5.82 Å². The summed E-state index contributed by atoms with van der Waals surface area (Å²) in [6.45, 7) is 0.0578. The standard InChI is InChI=1S/C20H17ClFN3O5S2/c21-18-10-3-14(11-19(18)32(29,30)25-16-6-4-15(22)5-7-16)20(26)24-12-13-1-8-17(9-2-13)31(23,27)28/h1-11,25H,12H2,(H,24,26)(H2,23,27,28). The minimum absolute atomic E-state index is 0.0371. The smallest absolute Gasteiger partial charge is 0.263 e. The molecule has 0 heterocycles. The van der Waals surface area contributed by atoms with Crippen molar-refractivity contribution in [3.63, 3.8) is 0 Å². The van der Waals surface area contributed by atoms with Gasteiger partial charge in [0.1, 0.15) is 10.7 Å². The van der Waals surface area contributed by atoms with Crippen molar-refractivity contribution in [2.24, 2.45) is 5.14 Å². The van der Waals surface area contributed by atoms with Gasteiger partial charge in [-0.3, -0.25) is 9.52 Å². The second-order valence-electron chi connectivity index (χ2n) is 6.63. The minimum Gasteiger partial charge on any atom is -0.348 e. The Morgan fingerprint density at radius 1 is 0.938 bits per heavy atom. The van der Waals surface area contributed by atoms with Gasteiger partial charge in [-0.05, 0) is 60.2 Å². The lowest BCUT2D eigenvalue weighted by Crippen LogP contribution is -2.23. The largest absolute Gasteiger partial charge is 0.348 e. The highest BCUT2D eigenvalue weighted by Crippen LogP contribution is 2.25. The molecule has 0 spiro atoms. The van der Waals surface area contributed by atoms with Crippen LogP contribution in [0.3, 0.4) is 0 Å². The van der Waals surface area contributed by atoms with E-state index in [9.17, 15) is 26.0 Å². The number of nitrogens with two attached hydrogens (primary N) is 1. The first-order valence-corrected chi connectivity index (χ1v) is 12.3. The molecule has 0 fully saturated rings. The van der Waals surface area contributed by atoms with Crippen LogP contribution in [0.15, 0.2) is 76.5 Å². The minimum atomic E-state index is -4.15. The molecule has 0 unspecified atom stereocenters. The lowest BCUT2D eigenvalue weighted by Gasteiger charge is -2.12. The number of sulfonamides is 2. The molecule has 3 aromatic carbocycles. The zero-order chi connectivity index (χ0) is 23.5. The quantitative estimate of drug-likeness (QED) is 0.461. The zero-order valence-corrected chi connectivity index (χ0v) is 18.6. The topological polar surface area (TPSA) is 135 Å². The number of nitrogens with one attached hydrogen (secondary N) is 2. The molecule has 3 rings (SSSR count). The van der Waals surface area contributed by atoms with E-state index >= 15 is 0 Å². The second-order valence-corrected chi connectivity index (χ2v) is 10.2. The maximum Gasteiger partial charge on any atom is 0.263 e. The lowest BCUT2D eigenvalue weighted by atomic mass is 10.2. The van der Waals surface area contributed by atoms with Gasteiger partial charge in [-0.25, -0.2) is 26.4 Å². The fraction of sp³-hybridized carbons (Fsp3) is 0.0500. The van der Waals surface area contributed by atoms with Crippen LogP contribution in [0.4, 0.5) is 10.1 Å². The van der Waals surface area contributed by atoms with E-state index in [1.165, 1.54) is 48.5 Å². The van der Waals surface area contributed by atoms with E-state index in [4.69, 9.17) is 16.7 Å². The Morgan fingerprint density at radius 3 is 2.16 bits per heavy atom. The van der Waals surface area contributed by atoms with Gasteiger partial charge < -0.3 is 5.32 Å². The molecule has 0 saturated heterocycles. The number of benzene rings is 3. The number of primary sulfonamides is 1. The van der Waals surface area contributed by atoms with E-state index in [2.05, 4.69) is 10.0 Å². The van der Waals surface area contributed by atoms with Crippen molar-refractivity contribution in [3.05, 3.63) is 88.7 Å². The highest BCUT2D eigenvalue weighted by atomic mass is 35.5. The number of anilines is 1. The third-order valence-corrected chi connectivity index (χ3v) is 7.08. The van der Waals surface area contributed by atoms with Gasteiger partial charge in [0.15, 0.2) is 0 Å². The summed E-state index contributed by atoms with van der Waals surface area (Å²) in [4.78, 5) is 12.1. The molecule has 32 heavy (non-hydrogen) atoms. The number of hydrogen-bond donors (Lipinski definition) is 3. The highest BCUT2D eigenvalue weighted by molar-refractivity contribution is 7.92. The molecule has 0 aliphatic heterocycles. The number of amides is 1. The maximum atomic E-state index is 13.0. The van der Waals surface area contributed by atoms with Gasteiger partial charge in [0.05, 0.1) is 9.92 Å². The van der Waals surface area contributed by atoms with Crippen LogP contribution in [0.25, 0.3) is 0 Å². The van der Waals surface area contributed by atoms with E-state index in [1.807, 2.05) is 0 Å². The first kappa shape index (κ1) is 23.7. The van der Waals surface area contributed by atoms with E-state index in [1.54, 1.807) is 0 Å². The molecule has 168 valence electrons. The number of carbonyl (C=O) groups excluding carboxylic acids is 1. The summed E-state index contributed by atoms with van der Waals surface area (Å²) < 4.78 is 63.3. The molecule has 0 aliphatic rings. The molecular weight excluding hydrogens is 481 g/mol. The summed E-state index contributed by atoms with van der Waals surface area (Å²) in [5.41, 5.74) is 0.765. The van der Waals surface area contributed by atoms with Crippen LogP contribution < -0.4 is 15.2 Å². The molecule has 0 atom stereocenters. The third kappa shape index (κ3) is 5.82. The third-order valence-electron chi connectivity index (χ3n) is 4.28. The van der Waals surface area contributed by atoms with Crippen LogP contribution in [-0.4, -0.2) is 22.7 Å². The van der Waals surface area contributed by atoms with Gasteiger partial charge in [0, 0.05) is 17.8 Å².